The lowest BCUT2D eigenvalue weighted by Gasteiger charge is -2.12. The lowest BCUT2D eigenvalue weighted by Crippen LogP contribution is -2.05. The van der Waals surface area contributed by atoms with Crippen molar-refractivity contribution in [1.29, 1.82) is 0 Å². The van der Waals surface area contributed by atoms with Crippen LogP contribution in [-0.4, -0.2) is 10.2 Å². The van der Waals surface area contributed by atoms with Gasteiger partial charge in [-0.05, 0) is 55.0 Å². The van der Waals surface area contributed by atoms with Crippen LogP contribution < -0.4 is 5.32 Å². The molecule has 2 aliphatic rings. The second-order valence-corrected chi connectivity index (χ2v) is 6.41. The molecule has 2 aliphatic carbocycles. The molecule has 1 fully saturated rings. The van der Waals surface area contributed by atoms with Crippen LogP contribution in [0.3, 0.4) is 0 Å². The largest absolute Gasteiger partial charge is 0.408 e. The molecule has 5 heteroatoms. The average molecular weight is 275 g/mol. The number of hydrogen-bond donors (Lipinski definition) is 1. The Balaban J connectivity index is 1.44. The van der Waals surface area contributed by atoms with Crippen LogP contribution in [0, 0.1) is 0 Å². The quantitative estimate of drug-likeness (QED) is 0.928. The zero-order chi connectivity index (χ0) is 12.7. The van der Waals surface area contributed by atoms with E-state index in [9.17, 15) is 0 Å². The summed E-state index contributed by atoms with van der Waals surface area (Å²) in [7, 11) is 0. The van der Waals surface area contributed by atoms with E-state index in [0.29, 0.717) is 11.9 Å². The normalized spacial score (nSPS) is 18.3. The lowest BCUT2D eigenvalue weighted by atomic mass is 9.96. The first-order valence-corrected chi connectivity index (χ1v) is 7.93. The molecule has 4 rings (SSSR count). The molecule has 0 radical (unpaired) electrons. The summed E-state index contributed by atoms with van der Waals surface area (Å²) in [5.41, 5.74) is 2.97. The van der Waals surface area contributed by atoms with Crippen molar-refractivity contribution in [2.45, 2.75) is 51.0 Å². The van der Waals surface area contributed by atoms with Crippen molar-refractivity contribution >= 4 is 17.4 Å². The van der Waals surface area contributed by atoms with E-state index in [4.69, 9.17) is 4.42 Å². The highest BCUT2D eigenvalue weighted by atomic mass is 32.1. The van der Waals surface area contributed by atoms with Gasteiger partial charge >= 0.3 is 6.01 Å². The fraction of sp³-hybridized carbons (Fsp3) is 0.571. The predicted octanol–water partition coefficient (Wildman–Crippen LogP) is 3.50. The van der Waals surface area contributed by atoms with Gasteiger partial charge in [0.05, 0.1) is 0 Å². The van der Waals surface area contributed by atoms with Crippen LogP contribution in [0.1, 0.15) is 53.5 Å². The van der Waals surface area contributed by atoms with Gasteiger partial charge in [-0.3, -0.25) is 0 Å². The van der Waals surface area contributed by atoms with E-state index in [-0.39, 0.29) is 0 Å². The number of anilines is 1. The molecule has 0 spiro atoms. The van der Waals surface area contributed by atoms with E-state index < -0.39 is 0 Å². The van der Waals surface area contributed by atoms with Gasteiger partial charge in [-0.1, -0.05) is 5.10 Å². The van der Waals surface area contributed by atoms with E-state index in [2.05, 4.69) is 20.9 Å². The molecule has 0 amide bonds. The maximum Gasteiger partial charge on any atom is 0.315 e. The van der Waals surface area contributed by atoms with E-state index >= 15 is 0 Å². The van der Waals surface area contributed by atoms with E-state index in [1.807, 2.05) is 11.3 Å². The topological polar surface area (TPSA) is 51.0 Å². The minimum absolute atomic E-state index is 0.525. The molecule has 2 heterocycles. The maximum absolute atomic E-state index is 5.62. The van der Waals surface area contributed by atoms with Gasteiger partial charge < -0.3 is 9.73 Å². The smallest absolute Gasteiger partial charge is 0.315 e. The minimum atomic E-state index is 0.525. The standard InChI is InChI=1S/C14H17N3OS/c1-2-4-12-11(3-1)10(8-19-12)7-15-14-17-16-13(18-14)9-5-6-9/h8-9H,1-7H2,(H,15,17). The van der Waals surface area contributed by atoms with Gasteiger partial charge in [-0.25, -0.2) is 0 Å². The van der Waals surface area contributed by atoms with Crippen LogP contribution in [0.4, 0.5) is 6.01 Å². The molecular formula is C14H17N3OS. The molecule has 0 unspecified atom stereocenters. The van der Waals surface area contributed by atoms with Gasteiger partial charge in [-0.2, -0.15) is 0 Å². The first kappa shape index (κ1) is 11.5. The zero-order valence-corrected chi connectivity index (χ0v) is 11.6. The molecule has 1 N–H and O–H groups in total. The van der Waals surface area contributed by atoms with Gasteiger partial charge in [0.25, 0.3) is 0 Å². The van der Waals surface area contributed by atoms with Gasteiger partial charge in [0, 0.05) is 17.3 Å². The molecule has 0 saturated heterocycles. The van der Waals surface area contributed by atoms with Crippen LogP contribution in [0.15, 0.2) is 9.80 Å². The Kier molecular flexibility index (Phi) is 2.80. The minimum Gasteiger partial charge on any atom is -0.408 e. The summed E-state index contributed by atoms with van der Waals surface area (Å²) < 4.78 is 5.62. The Morgan fingerprint density at radius 2 is 2.16 bits per heavy atom. The molecule has 2 aromatic rings. The third-order valence-corrected chi connectivity index (χ3v) is 5.08. The molecule has 0 atom stereocenters. The summed E-state index contributed by atoms with van der Waals surface area (Å²) in [4.78, 5) is 1.58. The van der Waals surface area contributed by atoms with Crippen molar-refractivity contribution in [3.05, 3.63) is 27.3 Å². The molecule has 0 bridgehead atoms. The van der Waals surface area contributed by atoms with Crippen molar-refractivity contribution in [3.63, 3.8) is 0 Å². The van der Waals surface area contributed by atoms with Crippen molar-refractivity contribution in [3.8, 4) is 0 Å². The number of aryl methyl sites for hydroxylation is 1. The number of rotatable bonds is 4. The van der Waals surface area contributed by atoms with Gasteiger partial charge in [0.2, 0.25) is 5.89 Å². The highest BCUT2D eigenvalue weighted by Gasteiger charge is 2.29. The van der Waals surface area contributed by atoms with Gasteiger partial charge in [-0.15, -0.1) is 16.4 Å². The van der Waals surface area contributed by atoms with Crippen LogP contribution in [0.25, 0.3) is 0 Å². The average Bonchev–Trinajstić information content (AvgIpc) is 3.05. The monoisotopic (exact) mass is 275 g/mol. The Morgan fingerprint density at radius 3 is 3.05 bits per heavy atom. The van der Waals surface area contributed by atoms with Crippen LogP contribution >= 0.6 is 11.3 Å². The number of aromatic nitrogens is 2. The van der Waals surface area contributed by atoms with Crippen molar-refractivity contribution in [1.82, 2.24) is 10.2 Å². The fourth-order valence-corrected chi connectivity index (χ4v) is 3.83. The number of fused-ring (bicyclic) bond motifs is 1. The van der Waals surface area contributed by atoms with Crippen LogP contribution in [0.2, 0.25) is 0 Å². The molecule has 4 nitrogen and oxygen atoms in total. The van der Waals surface area contributed by atoms with Gasteiger partial charge in [0.15, 0.2) is 0 Å². The maximum atomic E-state index is 5.62. The molecular weight excluding hydrogens is 258 g/mol. The van der Waals surface area contributed by atoms with Crippen LogP contribution in [-0.2, 0) is 19.4 Å². The first-order chi connectivity index (χ1) is 9.40. The highest BCUT2D eigenvalue weighted by molar-refractivity contribution is 7.10. The summed E-state index contributed by atoms with van der Waals surface area (Å²) in [6.45, 7) is 0.804. The Morgan fingerprint density at radius 1 is 1.26 bits per heavy atom. The fourth-order valence-electron chi connectivity index (χ4n) is 2.68. The summed E-state index contributed by atoms with van der Waals surface area (Å²) in [6.07, 6.45) is 7.54. The Hall–Kier alpha value is -1.36. The van der Waals surface area contributed by atoms with Crippen LogP contribution in [0.5, 0.6) is 0 Å². The second kappa shape index (κ2) is 4.63. The molecule has 19 heavy (non-hydrogen) atoms. The predicted molar refractivity (Wildman–Crippen MR) is 74.6 cm³/mol. The van der Waals surface area contributed by atoms with E-state index in [1.54, 1.807) is 10.4 Å². The summed E-state index contributed by atoms with van der Waals surface area (Å²) in [5, 5.41) is 13.7. The highest BCUT2D eigenvalue weighted by Crippen LogP contribution is 2.39. The van der Waals surface area contributed by atoms with Crippen molar-refractivity contribution in [2.75, 3.05) is 5.32 Å². The number of nitrogens with one attached hydrogen (secondary N) is 1. The van der Waals surface area contributed by atoms with E-state index in [1.165, 1.54) is 44.1 Å². The molecule has 100 valence electrons. The third-order valence-electron chi connectivity index (χ3n) is 3.95. The summed E-state index contributed by atoms with van der Waals surface area (Å²) >= 11 is 1.90. The number of nitrogens with zero attached hydrogens (tertiary/aromatic N) is 2. The lowest BCUT2D eigenvalue weighted by molar-refractivity contribution is 0.507. The summed E-state index contributed by atoms with van der Waals surface area (Å²) in [6, 6.07) is 0.567. The zero-order valence-electron chi connectivity index (χ0n) is 10.8. The number of thiophene rings is 1. The molecule has 0 aliphatic heterocycles. The first-order valence-electron chi connectivity index (χ1n) is 7.05. The Labute approximate surface area is 116 Å². The molecule has 0 aromatic carbocycles. The molecule has 2 aromatic heterocycles. The third kappa shape index (κ3) is 2.27. The van der Waals surface area contributed by atoms with Crippen molar-refractivity contribution in [2.24, 2.45) is 0 Å². The number of hydrogen-bond acceptors (Lipinski definition) is 5. The second-order valence-electron chi connectivity index (χ2n) is 5.44. The summed E-state index contributed by atoms with van der Waals surface area (Å²) in [5.74, 6) is 1.33. The van der Waals surface area contributed by atoms with Crippen molar-refractivity contribution < 1.29 is 4.42 Å². The SMILES string of the molecule is c1sc2c(c1CNc1nnc(C3CC3)o1)CCCC2. The van der Waals surface area contributed by atoms with E-state index in [0.717, 1.165) is 12.4 Å². The Bertz CT molecular complexity index is 585. The molecule has 1 saturated carbocycles. The van der Waals surface area contributed by atoms with Gasteiger partial charge in [0.1, 0.15) is 0 Å².